The Morgan fingerprint density at radius 3 is 1.56 bits per heavy atom. The van der Waals surface area contributed by atoms with Gasteiger partial charge in [0.25, 0.3) is 0 Å². The third-order valence-corrected chi connectivity index (χ3v) is 14.0. The van der Waals surface area contributed by atoms with Crippen molar-refractivity contribution in [1.29, 1.82) is 0 Å². The van der Waals surface area contributed by atoms with E-state index in [1.54, 1.807) is 0 Å². The minimum absolute atomic E-state index is 0.169. The molecule has 0 radical (unpaired) electrons. The average Bonchev–Trinajstić information content (AvgIpc) is 3.06. The minimum atomic E-state index is -0.526. The van der Waals surface area contributed by atoms with Crippen LogP contribution < -0.4 is 0 Å². The van der Waals surface area contributed by atoms with Crippen LogP contribution in [-0.4, -0.2) is 41.4 Å². The smallest absolute Gasteiger partial charge is 0.311 e. The molecule has 2 aromatic carbocycles. The van der Waals surface area contributed by atoms with Gasteiger partial charge in [-0.1, -0.05) is 108 Å². The summed E-state index contributed by atoms with van der Waals surface area (Å²) in [5, 5.41) is -0.208. The molecular weight excluding hydrogens is 967 g/mol. The van der Waals surface area contributed by atoms with E-state index in [1.165, 1.54) is 13.6 Å². The fourth-order valence-electron chi connectivity index (χ4n) is 6.18. The van der Waals surface area contributed by atoms with Crippen LogP contribution in [0, 0.1) is 51.9 Å². The number of esters is 2. The van der Waals surface area contributed by atoms with Crippen LogP contribution in [0.4, 0.5) is 0 Å². The number of hydrogen-bond donors (Lipinski definition) is 0. The number of ether oxygens (including phenoxy) is 4. The Balaban J connectivity index is 0.000000301. The summed E-state index contributed by atoms with van der Waals surface area (Å²) in [6, 6.07) is 12.3. The first-order valence-corrected chi connectivity index (χ1v) is 22.1. The van der Waals surface area contributed by atoms with Gasteiger partial charge in [-0.15, -0.1) is 0 Å². The molecule has 4 rings (SSSR count). The Bertz CT molecular complexity index is 1450. The molecule has 0 amide bonds. The molecule has 2 aliphatic rings. The van der Waals surface area contributed by atoms with Gasteiger partial charge in [0.1, 0.15) is 23.3 Å². The third-order valence-electron chi connectivity index (χ3n) is 10.4. The molecule has 0 spiro atoms. The van der Waals surface area contributed by atoms with Crippen molar-refractivity contribution in [2.45, 2.75) is 145 Å². The molecule has 0 saturated carbocycles. The van der Waals surface area contributed by atoms with Gasteiger partial charge in [0.05, 0.1) is 23.0 Å². The summed E-state index contributed by atoms with van der Waals surface area (Å²) in [7, 11) is 0. The molecule has 52 heavy (non-hydrogen) atoms. The molecule has 0 unspecified atom stereocenters. The van der Waals surface area contributed by atoms with Gasteiger partial charge in [-0.2, -0.15) is 0 Å². The molecule has 0 aromatic heterocycles. The monoisotopic (exact) mass is 1030 g/mol. The summed E-state index contributed by atoms with van der Waals surface area (Å²) < 4.78 is 27.5. The van der Waals surface area contributed by atoms with Crippen LogP contribution in [0.25, 0.3) is 0 Å². The van der Waals surface area contributed by atoms with Gasteiger partial charge in [-0.05, 0) is 138 Å². The summed E-state index contributed by atoms with van der Waals surface area (Å²) in [5.74, 6) is 0.906. The van der Waals surface area contributed by atoms with E-state index in [-0.39, 0.29) is 53.4 Å². The molecule has 294 valence electrons. The number of benzene rings is 2. The zero-order valence-electron chi connectivity index (χ0n) is 33.6. The van der Waals surface area contributed by atoms with Crippen LogP contribution in [0.3, 0.4) is 0 Å². The van der Waals surface area contributed by atoms with E-state index in [1.807, 2.05) is 59.7 Å². The highest BCUT2D eigenvalue weighted by Crippen LogP contribution is 2.44. The van der Waals surface area contributed by atoms with E-state index in [2.05, 4.69) is 144 Å². The van der Waals surface area contributed by atoms with E-state index >= 15 is 0 Å². The second-order valence-corrected chi connectivity index (χ2v) is 20.2. The van der Waals surface area contributed by atoms with Crippen molar-refractivity contribution in [3.8, 4) is 0 Å². The quantitative estimate of drug-likeness (QED) is 0.169. The first-order valence-electron chi connectivity index (χ1n) is 18.5. The van der Waals surface area contributed by atoms with Crippen LogP contribution in [0.1, 0.15) is 119 Å². The Morgan fingerprint density at radius 2 is 1.12 bits per heavy atom. The second-order valence-electron chi connectivity index (χ2n) is 16.4. The number of rotatable bonds is 5. The lowest BCUT2D eigenvalue weighted by Gasteiger charge is -2.45. The standard InChI is InChI=1S/C21H31BrO3.C14H25BrO3.C7H6BrI/c1-8-17-12(2)13(3)18(25-20(23)21(5,6)7)19(24-17)15-10-9-11-16(22)14(15)4;1-7-10-8(2)9(3)11(12(15)17-10)18-13(16)14(4,5)6;1-5-6(8)3-2-4-7(5)9/h9-13,17-19H,8H2,1-7H3;8-12H,7H2,1-6H3;2-4H,1H3/t12-,13-,17+,18-,19+;8-,9-,10+,11-,12-;/m00./s1. The van der Waals surface area contributed by atoms with Crippen LogP contribution in [0.15, 0.2) is 45.3 Å². The molecule has 0 N–H and O–H groups in total. The van der Waals surface area contributed by atoms with Gasteiger partial charge < -0.3 is 18.9 Å². The van der Waals surface area contributed by atoms with Crippen LogP contribution >= 0.6 is 70.4 Å². The van der Waals surface area contributed by atoms with Gasteiger partial charge in [0.15, 0.2) is 0 Å². The lowest BCUT2D eigenvalue weighted by atomic mass is 9.78. The van der Waals surface area contributed by atoms with Crippen molar-refractivity contribution >= 4 is 82.3 Å². The van der Waals surface area contributed by atoms with Crippen molar-refractivity contribution in [3.05, 3.63) is 65.6 Å². The van der Waals surface area contributed by atoms with Crippen LogP contribution in [0.2, 0.25) is 0 Å². The molecule has 2 heterocycles. The highest BCUT2D eigenvalue weighted by molar-refractivity contribution is 14.1. The van der Waals surface area contributed by atoms with Crippen molar-refractivity contribution in [2.75, 3.05) is 0 Å². The predicted octanol–water partition coefficient (Wildman–Crippen LogP) is 12.9. The lowest BCUT2D eigenvalue weighted by Crippen LogP contribution is -2.49. The third kappa shape index (κ3) is 12.8. The van der Waals surface area contributed by atoms with E-state index in [0.717, 1.165) is 28.4 Å². The zero-order valence-corrected chi connectivity index (χ0v) is 40.5. The topological polar surface area (TPSA) is 71.1 Å². The highest BCUT2D eigenvalue weighted by Gasteiger charge is 2.46. The first-order chi connectivity index (χ1) is 24.0. The fraction of sp³-hybridized carbons (Fsp3) is 0.667. The van der Waals surface area contributed by atoms with Gasteiger partial charge in [-0.3, -0.25) is 9.59 Å². The molecular formula is C42H62Br3IO6. The molecule has 0 aliphatic carbocycles. The lowest BCUT2D eigenvalue weighted by molar-refractivity contribution is -0.204. The number of carbonyl (C=O) groups excluding carboxylic acids is 2. The summed E-state index contributed by atoms with van der Waals surface area (Å²) in [6.45, 7) is 28.4. The normalized spacial score (nSPS) is 29.1. The second kappa shape index (κ2) is 20.6. The Hall–Kier alpha value is -0.530. The molecule has 2 fully saturated rings. The summed E-state index contributed by atoms with van der Waals surface area (Å²) in [4.78, 5) is 24.6. The van der Waals surface area contributed by atoms with E-state index in [4.69, 9.17) is 18.9 Å². The van der Waals surface area contributed by atoms with Crippen LogP contribution in [0.5, 0.6) is 0 Å². The van der Waals surface area contributed by atoms with E-state index in [0.29, 0.717) is 17.8 Å². The molecule has 6 nitrogen and oxygen atoms in total. The number of alkyl halides is 1. The molecule has 2 saturated heterocycles. The maximum absolute atomic E-state index is 12.6. The number of hydrogen-bond acceptors (Lipinski definition) is 6. The molecule has 2 aromatic rings. The zero-order chi connectivity index (χ0) is 39.9. The average molecular weight is 1030 g/mol. The van der Waals surface area contributed by atoms with Gasteiger partial charge in [0, 0.05) is 24.4 Å². The minimum Gasteiger partial charge on any atom is -0.459 e. The van der Waals surface area contributed by atoms with Crippen molar-refractivity contribution in [2.24, 2.45) is 34.5 Å². The summed E-state index contributed by atoms with van der Waals surface area (Å²) in [5.41, 5.74) is 2.55. The maximum Gasteiger partial charge on any atom is 0.311 e. The van der Waals surface area contributed by atoms with Crippen LogP contribution in [-0.2, 0) is 28.5 Å². The number of halogens is 4. The Kier molecular flexibility index (Phi) is 18.8. The van der Waals surface area contributed by atoms with E-state index in [9.17, 15) is 9.59 Å². The predicted molar refractivity (Wildman–Crippen MR) is 232 cm³/mol. The molecule has 10 atom stereocenters. The molecule has 2 aliphatic heterocycles. The van der Waals surface area contributed by atoms with Crippen molar-refractivity contribution in [3.63, 3.8) is 0 Å². The van der Waals surface area contributed by atoms with Gasteiger partial charge >= 0.3 is 11.9 Å². The van der Waals surface area contributed by atoms with Crippen molar-refractivity contribution in [1.82, 2.24) is 0 Å². The Morgan fingerprint density at radius 1 is 0.692 bits per heavy atom. The molecule has 10 heteroatoms. The van der Waals surface area contributed by atoms with E-state index < -0.39 is 10.8 Å². The Labute approximate surface area is 353 Å². The van der Waals surface area contributed by atoms with Crippen molar-refractivity contribution < 1.29 is 28.5 Å². The number of carbonyl (C=O) groups is 2. The first kappa shape index (κ1) is 47.6. The van der Waals surface area contributed by atoms with Gasteiger partial charge in [-0.25, -0.2) is 0 Å². The largest absolute Gasteiger partial charge is 0.459 e. The van der Waals surface area contributed by atoms with Gasteiger partial charge in [0.2, 0.25) is 0 Å². The molecule has 0 bridgehead atoms. The maximum atomic E-state index is 12.6. The summed E-state index contributed by atoms with van der Waals surface area (Å²) in [6.07, 6.45) is 1.60. The highest BCUT2D eigenvalue weighted by atomic mass is 127. The fourth-order valence-corrected chi connectivity index (χ4v) is 8.66. The SMILES string of the molecule is CC[C@H]1O[C@H](Br)[C@@H](OC(=O)C(C)(C)C)[C@@H](C)[C@@H]1C.CC[C@H]1O[C@H](c2cccc(Br)c2C)[C@@H](OC(=O)C(C)(C)C)[C@@H](C)[C@@H]1C.Cc1c(Br)cccc1I. The summed E-state index contributed by atoms with van der Waals surface area (Å²) >= 11 is 12.9.